The maximum absolute atomic E-state index is 2.72. The first-order valence-corrected chi connectivity index (χ1v) is 23.2. The molecule has 0 spiro atoms. The van der Waals surface area contributed by atoms with E-state index in [2.05, 4.69) is 214 Å². The maximum atomic E-state index is 2.72. The second-order valence-electron chi connectivity index (χ2n) is 22.3. The SMILES string of the molecule is Cc1cc2c3c(c1)N(c1ccc(C(C)(C)c4ccccc4)cc1C1CCCCC1)c1cc(C(C)(C)C)ccc1B3c1cc(C(C)(C)C)ccc1N2c1ccc(C(C)(C)C)cc1. The summed E-state index contributed by atoms with van der Waals surface area (Å²) in [5.41, 5.74) is 21.5. The van der Waals surface area contributed by atoms with Gasteiger partial charge in [-0.05, 0) is 140 Å². The van der Waals surface area contributed by atoms with Gasteiger partial charge in [0.2, 0.25) is 0 Å². The molecule has 0 N–H and O–H groups in total. The van der Waals surface area contributed by atoms with E-state index in [1.54, 1.807) is 0 Å². The first-order valence-electron chi connectivity index (χ1n) is 23.2. The lowest BCUT2D eigenvalue weighted by Gasteiger charge is -2.46. The molecule has 3 aliphatic rings. The third kappa shape index (κ3) is 7.24. The minimum atomic E-state index is -0.131. The normalized spacial score (nSPS) is 15.7. The highest BCUT2D eigenvalue weighted by Crippen LogP contribution is 2.50. The summed E-state index contributed by atoms with van der Waals surface area (Å²) in [5, 5.41) is 0. The average molecular weight is 803 g/mol. The van der Waals surface area contributed by atoms with E-state index in [0.717, 1.165) is 0 Å². The van der Waals surface area contributed by atoms with E-state index < -0.39 is 0 Å². The van der Waals surface area contributed by atoms with Gasteiger partial charge in [0.1, 0.15) is 0 Å². The van der Waals surface area contributed by atoms with E-state index in [-0.39, 0.29) is 28.4 Å². The van der Waals surface area contributed by atoms with Gasteiger partial charge in [0.25, 0.3) is 6.71 Å². The minimum Gasteiger partial charge on any atom is -0.311 e. The first kappa shape index (κ1) is 41.3. The summed E-state index contributed by atoms with van der Waals surface area (Å²) in [6, 6.07) is 47.9. The van der Waals surface area contributed by atoms with E-state index in [9.17, 15) is 0 Å². The second-order valence-corrected chi connectivity index (χ2v) is 22.3. The average Bonchev–Trinajstić information content (AvgIpc) is 3.22. The molecule has 1 saturated carbocycles. The van der Waals surface area contributed by atoms with E-state index in [1.165, 1.54) is 122 Å². The number of rotatable bonds is 5. The zero-order chi connectivity index (χ0) is 43.2. The molecular weight excluding hydrogens is 735 g/mol. The van der Waals surface area contributed by atoms with Crippen molar-refractivity contribution in [3.63, 3.8) is 0 Å². The Kier molecular flexibility index (Phi) is 10.0. The van der Waals surface area contributed by atoms with Crippen molar-refractivity contribution in [2.45, 2.75) is 143 Å². The molecule has 1 fully saturated rings. The molecule has 61 heavy (non-hydrogen) atoms. The van der Waals surface area contributed by atoms with Gasteiger partial charge in [0.05, 0.1) is 0 Å². The summed E-state index contributed by atoms with van der Waals surface area (Å²) < 4.78 is 0. The number of aryl methyl sites for hydroxylation is 1. The van der Waals surface area contributed by atoms with Crippen molar-refractivity contribution in [1.29, 1.82) is 0 Å². The van der Waals surface area contributed by atoms with Crippen LogP contribution in [0, 0.1) is 6.92 Å². The van der Waals surface area contributed by atoms with Crippen LogP contribution < -0.4 is 26.2 Å². The standard InChI is InChI=1S/C58H67BN2/c1-38-33-52-54-53(34-38)61(49-31-27-44(35-46(49)39-19-15-13-16-20-39)58(11,12)41-21-17-14-18-22-41)51-37-43(57(8,9)10)25-30-47(51)59(54)48-36-42(56(5,6)7)26-32-50(48)60(52)45-28-23-40(24-29-45)55(2,3)4/h14,17-18,21-37,39H,13,15-16,19-20H2,1-12H3. The molecule has 0 amide bonds. The summed E-state index contributed by atoms with van der Waals surface area (Å²) in [4.78, 5) is 5.30. The number of hydrogen-bond acceptors (Lipinski definition) is 2. The first-order chi connectivity index (χ1) is 28.8. The van der Waals surface area contributed by atoms with Crippen molar-refractivity contribution in [1.82, 2.24) is 0 Å². The van der Waals surface area contributed by atoms with Gasteiger partial charge in [-0.3, -0.25) is 0 Å². The van der Waals surface area contributed by atoms with Crippen LogP contribution in [-0.4, -0.2) is 6.71 Å². The van der Waals surface area contributed by atoms with Gasteiger partial charge < -0.3 is 9.80 Å². The van der Waals surface area contributed by atoms with Crippen LogP contribution in [0.4, 0.5) is 34.1 Å². The summed E-state index contributed by atoms with van der Waals surface area (Å²) in [7, 11) is 0. The summed E-state index contributed by atoms with van der Waals surface area (Å²) in [6.07, 6.45) is 6.39. The van der Waals surface area contributed by atoms with E-state index in [0.29, 0.717) is 5.92 Å². The molecule has 2 heterocycles. The van der Waals surface area contributed by atoms with Crippen LogP contribution in [0.1, 0.15) is 153 Å². The molecule has 0 radical (unpaired) electrons. The Morgan fingerprint density at radius 2 is 1.00 bits per heavy atom. The maximum Gasteiger partial charge on any atom is 0.252 e. The molecule has 0 saturated heterocycles. The van der Waals surface area contributed by atoms with Crippen LogP contribution in [-0.2, 0) is 21.7 Å². The number of fused-ring (bicyclic) bond motifs is 4. The lowest BCUT2D eigenvalue weighted by Crippen LogP contribution is -2.61. The molecule has 9 rings (SSSR count). The van der Waals surface area contributed by atoms with Gasteiger partial charge in [-0.15, -0.1) is 0 Å². The molecule has 2 nitrogen and oxygen atoms in total. The summed E-state index contributed by atoms with van der Waals surface area (Å²) in [6.45, 7) is 28.3. The van der Waals surface area contributed by atoms with Crippen LogP contribution in [0.15, 0.2) is 121 Å². The highest BCUT2D eigenvalue weighted by Gasteiger charge is 2.45. The van der Waals surface area contributed by atoms with Gasteiger partial charge in [0, 0.05) is 39.5 Å². The van der Waals surface area contributed by atoms with Gasteiger partial charge in [-0.25, -0.2) is 0 Å². The summed E-state index contributed by atoms with van der Waals surface area (Å²) in [5.74, 6) is 0.510. The second kappa shape index (κ2) is 14.8. The molecule has 0 bridgehead atoms. The molecule has 312 valence electrons. The molecular formula is C58H67BN2. The Balaban J connectivity index is 1.35. The molecule has 6 aromatic rings. The van der Waals surface area contributed by atoms with Gasteiger partial charge in [-0.1, -0.05) is 174 Å². The van der Waals surface area contributed by atoms with Crippen LogP contribution in [0.3, 0.4) is 0 Å². The van der Waals surface area contributed by atoms with E-state index >= 15 is 0 Å². The Labute approximate surface area is 368 Å². The van der Waals surface area contributed by atoms with Crippen LogP contribution in [0.2, 0.25) is 0 Å². The fourth-order valence-corrected chi connectivity index (χ4v) is 10.6. The molecule has 0 unspecified atom stereocenters. The highest BCUT2D eigenvalue weighted by molar-refractivity contribution is 7.00. The fourth-order valence-electron chi connectivity index (χ4n) is 10.6. The van der Waals surface area contributed by atoms with Crippen LogP contribution in [0.5, 0.6) is 0 Å². The minimum absolute atomic E-state index is 0.00556. The summed E-state index contributed by atoms with van der Waals surface area (Å²) >= 11 is 0. The molecule has 1 aliphatic carbocycles. The topological polar surface area (TPSA) is 6.48 Å². The predicted molar refractivity (Wildman–Crippen MR) is 266 cm³/mol. The number of anilines is 6. The smallest absolute Gasteiger partial charge is 0.252 e. The quantitative estimate of drug-likeness (QED) is 0.160. The third-order valence-corrected chi connectivity index (χ3v) is 14.5. The molecule has 6 aromatic carbocycles. The number of hydrogen-bond donors (Lipinski definition) is 0. The van der Waals surface area contributed by atoms with Crippen molar-refractivity contribution in [3.8, 4) is 0 Å². The highest BCUT2D eigenvalue weighted by atomic mass is 15.2. The number of benzene rings is 6. The van der Waals surface area contributed by atoms with Crippen LogP contribution >= 0.6 is 0 Å². The predicted octanol–water partition coefficient (Wildman–Crippen LogP) is 14.3. The van der Waals surface area contributed by atoms with Crippen LogP contribution in [0.25, 0.3) is 0 Å². The van der Waals surface area contributed by atoms with E-state index in [1.807, 2.05) is 0 Å². The third-order valence-electron chi connectivity index (χ3n) is 14.5. The zero-order valence-corrected chi connectivity index (χ0v) is 39.1. The monoisotopic (exact) mass is 803 g/mol. The van der Waals surface area contributed by atoms with Gasteiger partial charge in [0.15, 0.2) is 0 Å². The molecule has 0 aromatic heterocycles. The zero-order valence-electron chi connectivity index (χ0n) is 39.1. The Hall–Kier alpha value is -5.02. The van der Waals surface area contributed by atoms with Gasteiger partial charge >= 0.3 is 0 Å². The lowest BCUT2D eigenvalue weighted by atomic mass is 9.33. The van der Waals surface area contributed by atoms with Gasteiger partial charge in [-0.2, -0.15) is 0 Å². The molecule has 2 aliphatic heterocycles. The largest absolute Gasteiger partial charge is 0.311 e. The van der Waals surface area contributed by atoms with Crippen molar-refractivity contribution >= 4 is 57.2 Å². The Bertz CT molecular complexity index is 2610. The van der Waals surface area contributed by atoms with Crippen molar-refractivity contribution in [2.24, 2.45) is 0 Å². The Morgan fingerprint density at radius 1 is 0.443 bits per heavy atom. The van der Waals surface area contributed by atoms with E-state index in [4.69, 9.17) is 0 Å². The number of nitrogens with zero attached hydrogens (tertiary/aromatic N) is 2. The molecule has 3 heteroatoms. The van der Waals surface area contributed by atoms with Crippen molar-refractivity contribution in [3.05, 3.63) is 160 Å². The molecule has 0 atom stereocenters. The van der Waals surface area contributed by atoms with Crippen molar-refractivity contribution < 1.29 is 0 Å². The fraction of sp³-hybridized carbons (Fsp3) is 0.379. The lowest BCUT2D eigenvalue weighted by molar-refractivity contribution is 0.443. The Morgan fingerprint density at radius 3 is 1.64 bits per heavy atom. The van der Waals surface area contributed by atoms with Crippen molar-refractivity contribution in [2.75, 3.05) is 9.80 Å².